The van der Waals surface area contributed by atoms with Crippen molar-refractivity contribution in [2.75, 3.05) is 23.4 Å². The van der Waals surface area contributed by atoms with Gasteiger partial charge in [-0.25, -0.2) is 8.42 Å². The standard InChI is InChI=1S/C21H17ClN4O6S/c22-15-2-4-16(5-3-15)25-33(29,30)21-12-17(26(27)28)6-7-18(21)24-23-13-14-1-8-19-20(11-14)32-10-9-31-19/h1-8,11-13,24-25H,9-10H2. The number of rotatable bonds is 7. The molecule has 170 valence electrons. The Kier molecular flexibility index (Phi) is 6.33. The van der Waals surface area contributed by atoms with Gasteiger partial charge in [-0.05, 0) is 54.1 Å². The minimum Gasteiger partial charge on any atom is -0.486 e. The van der Waals surface area contributed by atoms with Gasteiger partial charge in [0.05, 0.1) is 16.8 Å². The van der Waals surface area contributed by atoms with E-state index in [0.29, 0.717) is 35.3 Å². The Labute approximate surface area is 194 Å². The molecule has 0 spiro atoms. The first-order valence-corrected chi connectivity index (χ1v) is 11.4. The monoisotopic (exact) mass is 488 g/mol. The number of nitrogens with zero attached hydrogens (tertiary/aromatic N) is 2. The SMILES string of the molecule is O=[N+]([O-])c1ccc(NN=Cc2ccc3c(c2)OCCO3)c(S(=O)(=O)Nc2ccc(Cl)cc2)c1. The molecule has 0 fully saturated rings. The Morgan fingerprint density at radius 2 is 1.73 bits per heavy atom. The zero-order valence-electron chi connectivity index (χ0n) is 16.9. The lowest BCUT2D eigenvalue weighted by Crippen LogP contribution is -2.15. The molecular formula is C21H17ClN4O6S. The summed E-state index contributed by atoms with van der Waals surface area (Å²) in [6, 6.07) is 14.6. The van der Waals surface area contributed by atoms with Crippen molar-refractivity contribution in [3.63, 3.8) is 0 Å². The molecule has 3 aromatic rings. The molecule has 33 heavy (non-hydrogen) atoms. The molecule has 4 rings (SSSR count). The Balaban J connectivity index is 1.60. The number of ether oxygens (including phenoxy) is 2. The molecule has 0 unspecified atom stereocenters. The fraction of sp³-hybridized carbons (Fsp3) is 0.0952. The van der Waals surface area contributed by atoms with Crippen molar-refractivity contribution in [1.82, 2.24) is 0 Å². The van der Waals surface area contributed by atoms with Crippen molar-refractivity contribution >= 4 is 44.9 Å². The van der Waals surface area contributed by atoms with E-state index in [9.17, 15) is 18.5 Å². The van der Waals surface area contributed by atoms with Crippen LogP contribution in [0.5, 0.6) is 11.5 Å². The van der Waals surface area contributed by atoms with Crippen LogP contribution in [0.2, 0.25) is 5.02 Å². The summed E-state index contributed by atoms with van der Waals surface area (Å²) in [7, 11) is -4.19. The third kappa shape index (κ3) is 5.33. The van der Waals surface area contributed by atoms with Crippen molar-refractivity contribution < 1.29 is 22.8 Å². The van der Waals surface area contributed by atoms with Gasteiger partial charge in [0.1, 0.15) is 18.1 Å². The van der Waals surface area contributed by atoms with E-state index < -0.39 is 14.9 Å². The summed E-state index contributed by atoms with van der Waals surface area (Å²) in [6.45, 7) is 0.917. The molecule has 0 saturated carbocycles. The van der Waals surface area contributed by atoms with E-state index in [0.717, 1.165) is 6.07 Å². The van der Waals surface area contributed by atoms with Gasteiger partial charge in [-0.15, -0.1) is 0 Å². The lowest BCUT2D eigenvalue weighted by Gasteiger charge is -2.18. The minimum atomic E-state index is -4.19. The molecule has 2 N–H and O–H groups in total. The zero-order chi connectivity index (χ0) is 23.4. The summed E-state index contributed by atoms with van der Waals surface area (Å²) in [5.41, 5.74) is 3.24. The van der Waals surface area contributed by atoms with Gasteiger partial charge >= 0.3 is 0 Å². The van der Waals surface area contributed by atoms with Gasteiger partial charge in [0.15, 0.2) is 11.5 Å². The van der Waals surface area contributed by atoms with Crippen LogP contribution >= 0.6 is 11.6 Å². The second kappa shape index (κ2) is 9.35. The first-order chi connectivity index (χ1) is 15.8. The van der Waals surface area contributed by atoms with Crippen molar-refractivity contribution in [3.05, 3.63) is 81.4 Å². The molecule has 0 aromatic heterocycles. The first kappa shape index (κ1) is 22.4. The second-order valence-corrected chi connectivity index (χ2v) is 8.91. The van der Waals surface area contributed by atoms with E-state index >= 15 is 0 Å². The van der Waals surface area contributed by atoms with Crippen LogP contribution in [0.15, 0.2) is 70.7 Å². The molecule has 12 heteroatoms. The smallest absolute Gasteiger partial charge is 0.270 e. The van der Waals surface area contributed by atoms with Crippen LogP contribution in [0.4, 0.5) is 17.1 Å². The number of benzene rings is 3. The van der Waals surface area contributed by atoms with Crippen LogP contribution in [0.25, 0.3) is 0 Å². The number of halogens is 1. The van der Waals surface area contributed by atoms with Crippen LogP contribution in [0.3, 0.4) is 0 Å². The average molecular weight is 489 g/mol. The molecular weight excluding hydrogens is 472 g/mol. The Bertz CT molecular complexity index is 1330. The van der Waals surface area contributed by atoms with Crippen LogP contribution < -0.4 is 19.6 Å². The number of nitrogens with one attached hydrogen (secondary N) is 2. The van der Waals surface area contributed by atoms with Gasteiger partial charge in [0.25, 0.3) is 15.7 Å². The predicted molar refractivity (Wildman–Crippen MR) is 124 cm³/mol. The number of anilines is 2. The second-order valence-electron chi connectivity index (χ2n) is 6.82. The maximum absolute atomic E-state index is 13.0. The Morgan fingerprint density at radius 1 is 1.00 bits per heavy atom. The van der Waals surface area contributed by atoms with Gasteiger partial charge in [-0.3, -0.25) is 20.3 Å². The largest absolute Gasteiger partial charge is 0.486 e. The fourth-order valence-electron chi connectivity index (χ4n) is 2.98. The molecule has 0 aliphatic carbocycles. The predicted octanol–water partition coefficient (Wildman–Crippen LogP) is 4.27. The van der Waals surface area contributed by atoms with Crippen LogP contribution in [0, 0.1) is 10.1 Å². The number of hydrogen-bond donors (Lipinski definition) is 2. The van der Waals surface area contributed by atoms with E-state index in [1.165, 1.54) is 42.6 Å². The van der Waals surface area contributed by atoms with E-state index in [1.54, 1.807) is 18.2 Å². The molecule has 1 heterocycles. The number of fused-ring (bicyclic) bond motifs is 1. The lowest BCUT2D eigenvalue weighted by molar-refractivity contribution is -0.385. The minimum absolute atomic E-state index is 0.0517. The molecule has 0 radical (unpaired) electrons. The molecule has 10 nitrogen and oxygen atoms in total. The summed E-state index contributed by atoms with van der Waals surface area (Å²) in [5.74, 6) is 1.21. The fourth-order valence-corrected chi connectivity index (χ4v) is 4.35. The third-order valence-corrected chi connectivity index (χ3v) is 6.20. The van der Waals surface area contributed by atoms with Crippen molar-refractivity contribution in [1.29, 1.82) is 0 Å². The van der Waals surface area contributed by atoms with Gasteiger partial charge in [0.2, 0.25) is 0 Å². The van der Waals surface area contributed by atoms with Crippen molar-refractivity contribution in [2.45, 2.75) is 4.90 Å². The van der Waals surface area contributed by atoms with Crippen molar-refractivity contribution in [2.24, 2.45) is 5.10 Å². The van der Waals surface area contributed by atoms with E-state index in [1.807, 2.05) is 0 Å². The number of hydrogen-bond acceptors (Lipinski definition) is 8. The van der Waals surface area contributed by atoms with Gasteiger partial charge < -0.3 is 9.47 Å². The van der Waals surface area contributed by atoms with Crippen LogP contribution in [-0.2, 0) is 10.0 Å². The topological polar surface area (TPSA) is 132 Å². The summed E-state index contributed by atoms with van der Waals surface area (Å²) in [4.78, 5) is 10.2. The summed E-state index contributed by atoms with van der Waals surface area (Å²) in [5, 5.41) is 15.7. The number of nitro groups is 1. The first-order valence-electron chi connectivity index (χ1n) is 9.57. The highest BCUT2D eigenvalue weighted by Gasteiger charge is 2.23. The molecule has 1 aliphatic rings. The third-order valence-electron chi connectivity index (χ3n) is 4.53. The van der Waals surface area contributed by atoms with E-state index in [-0.39, 0.29) is 22.0 Å². The molecule has 0 amide bonds. The van der Waals surface area contributed by atoms with Gasteiger partial charge in [-0.2, -0.15) is 5.10 Å². The zero-order valence-corrected chi connectivity index (χ0v) is 18.5. The van der Waals surface area contributed by atoms with Crippen LogP contribution in [-0.4, -0.2) is 32.8 Å². The van der Waals surface area contributed by atoms with Crippen LogP contribution in [0.1, 0.15) is 5.56 Å². The summed E-state index contributed by atoms with van der Waals surface area (Å²) in [6.07, 6.45) is 1.46. The highest BCUT2D eigenvalue weighted by molar-refractivity contribution is 7.92. The Hall–Kier alpha value is -3.83. The number of hydrazone groups is 1. The molecule has 0 atom stereocenters. The highest BCUT2D eigenvalue weighted by atomic mass is 35.5. The number of nitro benzene ring substituents is 1. The molecule has 0 bridgehead atoms. The maximum Gasteiger partial charge on any atom is 0.270 e. The summed E-state index contributed by atoms with van der Waals surface area (Å²) >= 11 is 5.83. The maximum atomic E-state index is 13.0. The molecule has 3 aromatic carbocycles. The normalized spacial score (nSPS) is 13.0. The van der Waals surface area contributed by atoms with Gasteiger partial charge in [0, 0.05) is 22.8 Å². The lowest BCUT2D eigenvalue weighted by atomic mass is 10.2. The summed E-state index contributed by atoms with van der Waals surface area (Å²) < 4.78 is 39.3. The Morgan fingerprint density at radius 3 is 2.45 bits per heavy atom. The van der Waals surface area contributed by atoms with Gasteiger partial charge in [-0.1, -0.05) is 11.6 Å². The highest BCUT2D eigenvalue weighted by Crippen LogP contribution is 2.31. The van der Waals surface area contributed by atoms with E-state index in [2.05, 4.69) is 15.2 Å². The molecule has 0 saturated heterocycles. The number of non-ortho nitro benzene ring substituents is 1. The van der Waals surface area contributed by atoms with E-state index in [4.69, 9.17) is 21.1 Å². The number of sulfonamides is 1. The molecule has 1 aliphatic heterocycles. The average Bonchev–Trinajstić information content (AvgIpc) is 2.80. The van der Waals surface area contributed by atoms with Crippen molar-refractivity contribution in [3.8, 4) is 11.5 Å². The quantitative estimate of drug-likeness (QED) is 0.288.